The van der Waals surface area contributed by atoms with Crippen LogP contribution in [0.4, 0.5) is 0 Å². The Bertz CT molecular complexity index is 1110. The number of aliphatic hydroxyl groups is 1. The summed E-state index contributed by atoms with van der Waals surface area (Å²) in [4.78, 5) is 27.7. The van der Waals surface area contributed by atoms with E-state index in [0.717, 1.165) is 0 Å². The molecule has 0 spiro atoms. The van der Waals surface area contributed by atoms with Gasteiger partial charge in [0.25, 0.3) is 11.7 Å². The van der Waals surface area contributed by atoms with Crippen LogP contribution >= 0.6 is 0 Å². The van der Waals surface area contributed by atoms with E-state index in [1.54, 1.807) is 43.5 Å². The molecule has 2 heterocycles. The summed E-state index contributed by atoms with van der Waals surface area (Å²) in [5.74, 6) is -0.0119. The summed E-state index contributed by atoms with van der Waals surface area (Å²) >= 11 is 0. The minimum atomic E-state index is -0.762. The average Bonchev–Trinajstić information content (AvgIpc) is 3.10. The van der Waals surface area contributed by atoms with Crippen molar-refractivity contribution < 1.29 is 33.6 Å². The Morgan fingerprint density at radius 2 is 1.88 bits per heavy atom. The number of amides is 1. The summed E-state index contributed by atoms with van der Waals surface area (Å²) in [5.41, 5.74) is 1.07. The third-order valence-electron chi connectivity index (χ3n) is 5.76. The van der Waals surface area contributed by atoms with Gasteiger partial charge in [-0.1, -0.05) is 12.1 Å². The minimum Gasteiger partial charge on any atom is -0.507 e. The number of hydrogen-bond acceptors (Lipinski definition) is 7. The van der Waals surface area contributed by atoms with Crippen LogP contribution in [0.5, 0.6) is 17.2 Å². The van der Waals surface area contributed by atoms with Crippen molar-refractivity contribution in [1.82, 2.24) is 4.90 Å². The van der Waals surface area contributed by atoms with E-state index in [1.807, 2.05) is 19.9 Å². The Morgan fingerprint density at radius 3 is 2.62 bits per heavy atom. The van der Waals surface area contributed by atoms with Gasteiger partial charge < -0.3 is 29.0 Å². The molecule has 1 fully saturated rings. The second-order valence-electron chi connectivity index (χ2n) is 8.40. The van der Waals surface area contributed by atoms with Gasteiger partial charge in [-0.2, -0.15) is 0 Å². The molecular weight excluding hydrogens is 438 g/mol. The molecule has 4 rings (SSSR count). The van der Waals surface area contributed by atoms with Gasteiger partial charge in [-0.15, -0.1) is 0 Å². The molecule has 8 nitrogen and oxygen atoms in total. The first-order valence-corrected chi connectivity index (χ1v) is 11.3. The van der Waals surface area contributed by atoms with Crippen molar-refractivity contribution in [2.45, 2.75) is 32.4 Å². The van der Waals surface area contributed by atoms with Crippen LogP contribution in [0.25, 0.3) is 5.76 Å². The standard InChI is InChI=1S/C26H29NO7/c1-16(2)32-11-5-10-27-23(17-6-4-7-19(14-17)31-3)22(25(29)26(27)30)24(28)18-8-9-20-21(15-18)34-13-12-33-20/h4,6-9,14-16,23,28H,5,10-13H2,1-3H3/b24-22-. The molecule has 2 aliphatic rings. The number of ether oxygens (including phenoxy) is 4. The van der Waals surface area contributed by atoms with Gasteiger partial charge in [0.1, 0.15) is 24.7 Å². The SMILES string of the molecule is COc1cccc(C2/C(=C(/O)c3ccc4c(c3)OCCO4)C(=O)C(=O)N2CCCOC(C)C)c1. The number of rotatable bonds is 8. The van der Waals surface area contributed by atoms with Gasteiger partial charge >= 0.3 is 0 Å². The Balaban J connectivity index is 1.75. The van der Waals surface area contributed by atoms with E-state index in [-0.39, 0.29) is 17.4 Å². The normalized spacial score (nSPS) is 19.1. The van der Waals surface area contributed by atoms with E-state index in [0.29, 0.717) is 61.2 Å². The largest absolute Gasteiger partial charge is 0.507 e. The predicted molar refractivity (Wildman–Crippen MR) is 125 cm³/mol. The maximum absolute atomic E-state index is 13.2. The molecule has 1 atom stereocenters. The van der Waals surface area contributed by atoms with Gasteiger partial charge in [0, 0.05) is 18.7 Å². The zero-order valence-corrected chi connectivity index (χ0v) is 19.6. The Hall–Kier alpha value is -3.52. The molecule has 1 unspecified atom stereocenters. The Morgan fingerprint density at radius 1 is 1.12 bits per heavy atom. The number of ketones is 1. The molecule has 0 aliphatic carbocycles. The lowest BCUT2D eigenvalue weighted by molar-refractivity contribution is -0.140. The summed E-state index contributed by atoms with van der Waals surface area (Å²) < 4.78 is 22.1. The van der Waals surface area contributed by atoms with Crippen LogP contribution in [0.3, 0.4) is 0 Å². The first-order chi connectivity index (χ1) is 16.4. The zero-order valence-electron chi connectivity index (χ0n) is 19.6. The van der Waals surface area contributed by atoms with E-state index >= 15 is 0 Å². The molecule has 0 saturated carbocycles. The summed E-state index contributed by atoms with van der Waals surface area (Å²) in [6.07, 6.45) is 0.621. The lowest BCUT2D eigenvalue weighted by Crippen LogP contribution is -2.31. The van der Waals surface area contributed by atoms with E-state index < -0.39 is 17.7 Å². The van der Waals surface area contributed by atoms with Crippen LogP contribution in [0.15, 0.2) is 48.0 Å². The molecule has 180 valence electrons. The fraction of sp³-hybridized carbons (Fsp3) is 0.385. The number of aliphatic hydroxyl groups excluding tert-OH is 1. The molecule has 1 N–H and O–H groups in total. The fourth-order valence-corrected chi connectivity index (χ4v) is 4.17. The molecule has 34 heavy (non-hydrogen) atoms. The fourth-order valence-electron chi connectivity index (χ4n) is 4.17. The van der Waals surface area contributed by atoms with Crippen LogP contribution in [0.1, 0.15) is 37.4 Å². The molecule has 2 aromatic rings. The Labute approximate surface area is 198 Å². The molecule has 2 aliphatic heterocycles. The van der Waals surface area contributed by atoms with Gasteiger partial charge in [0.15, 0.2) is 11.5 Å². The molecule has 1 saturated heterocycles. The number of Topliss-reactive ketones (excluding diaryl/α,β-unsaturated/α-hetero) is 1. The average molecular weight is 468 g/mol. The van der Waals surface area contributed by atoms with Crippen molar-refractivity contribution in [3.8, 4) is 17.2 Å². The van der Waals surface area contributed by atoms with E-state index in [2.05, 4.69) is 0 Å². The van der Waals surface area contributed by atoms with E-state index in [9.17, 15) is 14.7 Å². The molecule has 1 amide bonds. The smallest absolute Gasteiger partial charge is 0.295 e. The monoisotopic (exact) mass is 467 g/mol. The number of likely N-dealkylation sites (tertiary alicyclic amines) is 1. The van der Waals surface area contributed by atoms with Crippen LogP contribution in [0, 0.1) is 0 Å². The van der Waals surface area contributed by atoms with Crippen LogP contribution in [-0.4, -0.2) is 61.3 Å². The van der Waals surface area contributed by atoms with Gasteiger partial charge in [0.05, 0.1) is 24.8 Å². The number of carbonyl (C=O) groups excluding carboxylic acids is 2. The highest BCUT2D eigenvalue weighted by molar-refractivity contribution is 6.46. The van der Waals surface area contributed by atoms with E-state index in [1.165, 1.54) is 4.90 Å². The van der Waals surface area contributed by atoms with Crippen molar-refractivity contribution in [2.75, 3.05) is 33.5 Å². The number of hydrogen-bond donors (Lipinski definition) is 1. The molecule has 0 radical (unpaired) electrons. The number of fused-ring (bicyclic) bond motifs is 1. The first kappa shape index (κ1) is 23.6. The third-order valence-corrected chi connectivity index (χ3v) is 5.76. The quantitative estimate of drug-likeness (QED) is 0.274. The maximum atomic E-state index is 13.2. The number of benzene rings is 2. The topological polar surface area (TPSA) is 94.5 Å². The van der Waals surface area contributed by atoms with Crippen molar-refractivity contribution >= 4 is 17.4 Å². The van der Waals surface area contributed by atoms with Crippen molar-refractivity contribution in [3.05, 3.63) is 59.2 Å². The zero-order chi connectivity index (χ0) is 24.2. The highest BCUT2D eigenvalue weighted by Gasteiger charge is 2.46. The highest BCUT2D eigenvalue weighted by atomic mass is 16.6. The molecule has 8 heteroatoms. The predicted octanol–water partition coefficient (Wildman–Crippen LogP) is 3.70. The second kappa shape index (κ2) is 10.2. The first-order valence-electron chi connectivity index (χ1n) is 11.3. The lowest BCUT2D eigenvalue weighted by Gasteiger charge is -2.26. The highest BCUT2D eigenvalue weighted by Crippen LogP contribution is 2.41. The summed E-state index contributed by atoms with van der Waals surface area (Å²) in [7, 11) is 1.55. The van der Waals surface area contributed by atoms with Crippen molar-refractivity contribution in [2.24, 2.45) is 0 Å². The third kappa shape index (κ3) is 4.72. The van der Waals surface area contributed by atoms with Gasteiger partial charge in [-0.05, 0) is 56.2 Å². The summed E-state index contributed by atoms with van der Waals surface area (Å²) in [5, 5.41) is 11.3. The molecule has 0 aromatic heterocycles. The molecule has 2 aromatic carbocycles. The van der Waals surface area contributed by atoms with Crippen molar-refractivity contribution in [1.29, 1.82) is 0 Å². The summed E-state index contributed by atoms with van der Waals surface area (Å²) in [6.45, 7) is 5.47. The van der Waals surface area contributed by atoms with E-state index in [4.69, 9.17) is 18.9 Å². The van der Waals surface area contributed by atoms with Gasteiger partial charge in [-0.3, -0.25) is 9.59 Å². The molecule has 0 bridgehead atoms. The van der Waals surface area contributed by atoms with Crippen LogP contribution in [0.2, 0.25) is 0 Å². The maximum Gasteiger partial charge on any atom is 0.295 e. The number of methoxy groups -OCH3 is 1. The van der Waals surface area contributed by atoms with Crippen LogP contribution < -0.4 is 14.2 Å². The lowest BCUT2D eigenvalue weighted by atomic mass is 9.95. The van der Waals surface area contributed by atoms with Gasteiger partial charge in [0.2, 0.25) is 0 Å². The number of carbonyl (C=O) groups is 2. The van der Waals surface area contributed by atoms with Gasteiger partial charge in [-0.25, -0.2) is 0 Å². The minimum absolute atomic E-state index is 0.0275. The molecular formula is C26H29NO7. The number of nitrogens with zero attached hydrogens (tertiary/aromatic N) is 1. The summed E-state index contributed by atoms with van der Waals surface area (Å²) in [6, 6.07) is 11.4. The second-order valence-corrected chi connectivity index (χ2v) is 8.40. The van der Waals surface area contributed by atoms with Crippen molar-refractivity contribution in [3.63, 3.8) is 0 Å². The Kier molecular flexibility index (Phi) is 7.07. The van der Waals surface area contributed by atoms with Crippen LogP contribution in [-0.2, 0) is 14.3 Å².